The molecule has 4 aliphatic heterocycles. The lowest BCUT2D eigenvalue weighted by atomic mass is 10.2. The van der Waals surface area contributed by atoms with Crippen molar-refractivity contribution in [3.8, 4) is 0 Å². The normalized spacial score (nSPS) is 48.7. The van der Waals surface area contributed by atoms with Crippen LogP contribution in [0.4, 0.5) is 0 Å². The van der Waals surface area contributed by atoms with Crippen molar-refractivity contribution in [2.75, 3.05) is 19.6 Å². The Labute approximate surface area is 88.5 Å². The van der Waals surface area contributed by atoms with Crippen molar-refractivity contribution in [1.82, 2.24) is 10.2 Å². The molecule has 6 nitrogen and oxygen atoms in total. The molecule has 1 spiro atoms. The van der Waals surface area contributed by atoms with Gasteiger partial charge in [0.25, 0.3) is 5.91 Å². The first-order valence-corrected chi connectivity index (χ1v) is 6.83. The summed E-state index contributed by atoms with van der Waals surface area (Å²) in [6.45, 7) is 4.66. The fourth-order valence-electron chi connectivity index (χ4n) is 2.21. The topological polar surface area (TPSA) is 60.0 Å². The van der Waals surface area contributed by atoms with Crippen LogP contribution in [0.3, 0.4) is 0 Å². The van der Waals surface area contributed by atoms with Gasteiger partial charge in [-0.15, -0.1) is 0 Å². The standard InChI is InChI=1S/C8H15N2O4P/c1-2-3-5-10-6-4-9-7-8(10)13-15(11,12-7)14-8/h7,9H,2-6H2,1H3. The van der Waals surface area contributed by atoms with Crippen LogP contribution in [0.5, 0.6) is 0 Å². The molecule has 0 aromatic carbocycles. The van der Waals surface area contributed by atoms with Gasteiger partial charge in [0.2, 0.25) is 0 Å². The van der Waals surface area contributed by atoms with Crippen molar-refractivity contribution in [2.45, 2.75) is 31.9 Å². The van der Waals surface area contributed by atoms with E-state index >= 15 is 0 Å². The maximum atomic E-state index is 11.5. The second-order valence-electron chi connectivity index (χ2n) is 4.04. The predicted molar refractivity (Wildman–Crippen MR) is 51.9 cm³/mol. The average Bonchev–Trinajstić information content (AvgIpc) is 2.61. The van der Waals surface area contributed by atoms with Crippen molar-refractivity contribution in [1.29, 1.82) is 0 Å². The van der Waals surface area contributed by atoms with Crippen molar-refractivity contribution in [2.24, 2.45) is 0 Å². The summed E-state index contributed by atoms with van der Waals surface area (Å²) in [7, 11) is -3.19. The highest BCUT2D eigenvalue weighted by Gasteiger charge is 2.75. The Morgan fingerprint density at radius 3 is 3.13 bits per heavy atom. The summed E-state index contributed by atoms with van der Waals surface area (Å²) in [5.74, 6) is -0.900. The summed E-state index contributed by atoms with van der Waals surface area (Å²) in [5.41, 5.74) is 0. The summed E-state index contributed by atoms with van der Waals surface area (Å²) >= 11 is 0. The van der Waals surface area contributed by atoms with Gasteiger partial charge in [-0.1, -0.05) is 13.3 Å². The molecule has 4 rings (SSSR count). The van der Waals surface area contributed by atoms with E-state index in [-0.39, 0.29) is 0 Å². The second-order valence-corrected chi connectivity index (χ2v) is 5.51. The summed E-state index contributed by atoms with van der Waals surface area (Å²) in [6.07, 6.45) is 1.79. The van der Waals surface area contributed by atoms with Crippen molar-refractivity contribution >= 4 is 7.82 Å². The lowest BCUT2D eigenvalue weighted by Crippen LogP contribution is -2.67. The predicted octanol–water partition coefficient (Wildman–Crippen LogP) is 0.857. The Hall–Kier alpha value is 0.0300. The van der Waals surface area contributed by atoms with Gasteiger partial charge in [-0.05, 0) is 6.42 Å². The van der Waals surface area contributed by atoms with Gasteiger partial charge in [0, 0.05) is 19.6 Å². The molecule has 4 saturated heterocycles. The van der Waals surface area contributed by atoms with E-state index < -0.39 is 20.0 Å². The molecule has 7 heteroatoms. The Bertz CT molecular complexity index is 314. The van der Waals surface area contributed by atoms with Crippen molar-refractivity contribution < 1.29 is 18.1 Å². The van der Waals surface area contributed by atoms with Crippen LogP contribution in [-0.2, 0) is 18.1 Å². The third kappa shape index (κ3) is 1.33. The molecule has 0 saturated carbocycles. The van der Waals surface area contributed by atoms with Gasteiger partial charge in [0.05, 0.1) is 0 Å². The molecular weight excluding hydrogens is 219 g/mol. The highest BCUT2D eigenvalue weighted by atomic mass is 31.2. The molecule has 2 bridgehead atoms. The maximum absolute atomic E-state index is 11.5. The molecule has 4 fully saturated rings. The number of phosphoric ester groups is 1. The van der Waals surface area contributed by atoms with E-state index in [1.54, 1.807) is 0 Å². The maximum Gasteiger partial charge on any atom is 0.484 e. The number of nitrogens with zero attached hydrogens (tertiary/aromatic N) is 1. The minimum absolute atomic E-state index is 0.395. The SMILES string of the molecule is CCCCN1CCNC2OP3(=O)OC21O3. The van der Waals surface area contributed by atoms with Crippen LogP contribution < -0.4 is 5.32 Å². The summed E-state index contributed by atoms with van der Waals surface area (Å²) in [5, 5.41) is 3.11. The van der Waals surface area contributed by atoms with Crippen molar-refractivity contribution in [3.05, 3.63) is 0 Å². The first kappa shape index (κ1) is 10.2. The molecule has 15 heavy (non-hydrogen) atoms. The molecule has 4 heterocycles. The molecule has 0 radical (unpaired) electrons. The minimum atomic E-state index is -3.19. The summed E-state index contributed by atoms with van der Waals surface area (Å²) in [4.78, 5) is 2.07. The molecule has 0 aliphatic carbocycles. The second kappa shape index (κ2) is 3.26. The number of hydrogen-bond donors (Lipinski definition) is 1. The highest BCUT2D eigenvalue weighted by Crippen LogP contribution is 2.74. The fourth-order valence-corrected chi connectivity index (χ4v) is 3.84. The zero-order valence-electron chi connectivity index (χ0n) is 8.64. The molecule has 0 amide bonds. The lowest BCUT2D eigenvalue weighted by molar-refractivity contribution is -0.292. The van der Waals surface area contributed by atoms with Crippen molar-refractivity contribution in [3.63, 3.8) is 0 Å². The van der Waals surface area contributed by atoms with Gasteiger partial charge in [0.1, 0.15) is 0 Å². The number of nitrogens with one attached hydrogen (secondary N) is 1. The first-order chi connectivity index (χ1) is 7.19. The van der Waals surface area contributed by atoms with Gasteiger partial charge >= 0.3 is 7.82 Å². The molecule has 1 atom stereocenters. The Kier molecular flexibility index (Phi) is 2.22. The third-order valence-electron chi connectivity index (χ3n) is 2.98. The van der Waals surface area contributed by atoms with E-state index in [4.69, 9.17) is 13.6 Å². The van der Waals surface area contributed by atoms with Crippen LogP contribution in [-0.4, -0.2) is 36.7 Å². The number of rotatable bonds is 3. The van der Waals surface area contributed by atoms with Gasteiger partial charge in [-0.2, -0.15) is 0 Å². The largest absolute Gasteiger partial charge is 0.484 e. The summed E-state index contributed by atoms with van der Waals surface area (Å²) < 4.78 is 27.3. The monoisotopic (exact) mass is 234 g/mol. The zero-order chi connectivity index (χ0) is 10.5. The van der Waals surface area contributed by atoms with E-state index in [0.29, 0.717) is 0 Å². The quantitative estimate of drug-likeness (QED) is 0.731. The Morgan fingerprint density at radius 2 is 2.40 bits per heavy atom. The van der Waals surface area contributed by atoms with Gasteiger partial charge in [-0.25, -0.2) is 18.5 Å². The minimum Gasteiger partial charge on any atom is -0.284 e. The van der Waals surface area contributed by atoms with E-state index in [0.717, 1.165) is 32.5 Å². The molecule has 0 aromatic heterocycles. The number of unbranched alkanes of at least 4 members (excludes halogenated alkanes) is 1. The van der Waals surface area contributed by atoms with Gasteiger partial charge in [0.15, 0.2) is 6.23 Å². The van der Waals surface area contributed by atoms with E-state index in [9.17, 15) is 4.57 Å². The lowest BCUT2D eigenvalue weighted by Gasteiger charge is -2.46. The molecule has 86 valence electrons. The van der Waals surface area contributed by atoms with Crippen LogP contribution in [0, 0.1) is 0 Å². The van der Waals surface area contributed by atoms with Crippen LogP contribution in [0.2, 0.25) is 0 Å². The zero-order valence-corrected chi connectivity index (χ0v) is 9.53. The number of piperazine rings is 1. The highest BCUT2D eigenvalue weighted by molar-refractivity contribution is 7.50. The molecule has 0 aromatic rings. The molecular formula is C8H15N2O4P. The molecule has 1 N–H and O–H groups in total. The Morgan fingerprint density at radius 1 is 1.60 bits per heavy atom. The van der Waals surface area contributed by atoms with Crippen LogP contribution >= 0.6 is 7.82 Å². The van der Waals surface area contributed by atoms with Crippen LogP contribution in [0.25, 0.3) is 0 Å². The number of hydrogen-bond acceptors (Lipinski definition) is 6. The van der Waals surface area contributed by atoms with E-state index in [1.807, 2.05) is 0 Å². The fraction of sp³-hybridized carbons (Fsp3) is 1.00. The first-order valence-electron chi connectivity index (χ1n) is 5.37. The number of phosphoric acid groups is 1. The third-order valence-corrected chi connectivity index (χ3v) is 4.42. The smallest absolute Gasteiger partial charge is 0.284 e. The summed E-state index contributed by atoms with van der Waals surface area (Å²) in [6, 6.07) is 0. The van der Waals surface area contributed by atoms with Gasteiger partial charge < -0.3 is 0 Å². The van der Waals surface area contributed by atoms with Gasteiger partial charge in [-0.3, -0.25) is 9.84 Å². The Balaban J connectivity index is 1.77. The van der Waals surface area contributed by atoms with Crippen LogP contribution in [0.1, 0.15) is 19.8 Å². The van der Waals surface area contributed by atoms with E-state index in [1.165, 1.54) is 0 Å². The van der Waals surface area contributed by atoms with Crippen LogP contribution in [0.15, 0.2) is 0 Å². The molecule has 4 aliphatic rings. The van der Waals surface area contributed by atoms with E-state index in [2.05, 4.69) is 17.1 Å². The molecule has 1 unspecified atom stereocenters. The average molecular weight is 234 g/mol.